The van der Waals surface area contributed by atoms with Gasteiger partial charge in [0.15, 0.2) is 0 Å². The van der Waals surface area contributed by atoms with Crippen LogP contribution >= 0.6 is 12.6 Å². The Kier molecular flexibility index (Phi) is 5.54. The first kappa shape index (κ1) is 15.7. The van der Waals surface area contributed by atoms with Crippen LogP contribution in [0, 0.1) is 0 Å². The molecule has 0 fully saturated rings. The molecule has 1 rings (SSSR count). The number of nitrogens with one attached hydrogen (secondary N) is 1. The zero-order valence-electron chi connectivity index (χ0n) is 11.6. The fourth-order valence-electron chi connectivity index (χ4n) is 1.59. The van der Waals surface area contributed by atoms with Gasteiger partial charge in [-0.3, -0.25) is 5.32 Å². The predicted octanol–water partition coefficient (Wildman–Crippen LogP) is 3.60. The molecule has 0 aliphatic carbocycles. The summed E-state index contributed by atoms with van der Waals surface area (Å²) in [5, 5.41) is 12.2. The van der Waals surface area contributed by atoms with Crippen molar-refractivity contribution in [3.8, 4) is 5.75 Å². The molecule has 0 saturated carbocycles. The molecule has 19 heavy (non-hydrogen) atoms. The number of ether oxygens (including phenoxy) is 1. The van der Waals surface area contributed by atoms with Crippen molar-refractivity contribution < 1.29 is 14.6 Å². The second-order valence-corrected chi connectivity index (χ2v) is 5.74. The van der Waals surface area contributed by atoms with Gasteiger partial charge in [0.25, 0.3) is 0 Å². The maximum absolute atomic E-state index is 11.7. The number of thiol groups is 1. The van der Waals surface area contributed by atoms with Crippen molar-refractivity contribution in [3.63, 3.8) is 0 Å². The zero-order valence-corrected chi connectivity index (χ0v) is 12.5. The van der Waals surface area contributed by atoms with Crippen LogP contribution in [0.1, 0.15) is 32.8 Å². The third-order valence-electron chi connectivity index (χ3n) is 2.33. The van der Waals surface area contributed by atoms with Gasteiger partial charge < -0.3 is 9.84 Å². The second-order valence-electron chi connectivity index (χ2n) is 5.30. The Hall–Kier alpha value is -1.36. The quantitative estimate of drug-likeness (QED) is 0.584. The highest BCUT2D eigenvalue weighted by Crippen LogP contribution is 2.23. The molecule has 0 aliphatic heterocycles. The average molecular weight is 283 g/mol. The summed E-state index contributed by atoms with van der Waals surface area (Å²) in [5.41, 5.74) is 1.00. The molecular weight excluding hydrogens is 262 g/mol. The van der Waals surface area contributed by atoms with E-state index in [1.165, 1.54) is 6.07 Å². The van der Waals surface area contributed by atoms with Crippen LogP contribution < -0.4 is 5.32 Å². The Morgan fingerprint density at radius 3 is 2.68 bits per heavy atom. The van der Waals surface area contributed by atoms with E-state index in [2.05, 4.69) is 17.9 Å². The minimum atomic E-state index is -0.535. The van der Waals surface area contributed by atoms with Gasteiger partial charge in [-0.1, -0.05) is 0 Å². The SMILES string of the molecule is CC(C)(C)OC(=O)Nc1ccc(O)cc1CCCS. The van der Waals surface area contributed by atoms with Crippen LogP contribution in [0.5, 0.6) is 5.75 Å². The molecule has 106 valence electrons. The number of aromatic hydroxyl groups is 1. The number of phenols is 1. The van der Waals surface area contributed by atoms with Gasteiger partial charge in [0.1, 0.15) is 11.4 Å². The molecule has 0 heterocycles. The highest BCUT2D eigenvalue weighted by Gasteiger charge is 2.17. The predicted molar refractivity (Wildman–Crippen MR) is 80.1 cm³/mol. The average Bonchev–Trinajstić information content (AvgIpc) is 2.27. The fraction of sp³-hybridized carbons (Fsp3) is 0.500. The van der Waals surface area contributed by atoms with Gasteiger partial charge >= 0.3 is 6.09 Å². The first-order chi connectivity index (χ1) is 8.81. The first-order valence-corrected chi connectivity index (χ1v) is 6.88. The van der Waals surface area contributed by atoms with Gasteiger partial charge in [0.05, 0.1) is 0 Å². The number of amides is 1. The summed E-state index contributed by atoms with van der Waals surface area (Å²) in [6.45, 7) is 5.43. The monoisotopic (exact) mass is 283 g/mol. The van der Waals surface area contributed by atoms with Gasteiger partial charge in [0, 0.05) is 5.69 Å². The molecule has 0 unspecified atom stereocenters. The van der Waals surface area contributed by atoms with Crippen LogP contribution in [0.4, 0.5) is 10.5 Å². The topological polar surface area (TPSA) is 58.6 Å². The van der Waals surface area contributed by atoms with Crippen molar-refractivity contribution in [1.82, 2.24) is 0 Å². The van der Waals surface area contributed by atoms with Gasteiger partial charge in [0.2, 0.25) is 0 Å². The minimum Gasteiger partial charge on any atom is -0.508 e. The molecule has 0 atom stereocenters. The summed E-state index contributed by atoms with van der Waals surface area (Å²) in [7, 11) is 0. The van der Waals surface area contributed by atoms with Gasteiger partial charge in [-0.2, -0.15) is 12.6 Å². The summed E-state index contributed by atoms with van der Waals surface area (Å²) >= 11 is 4.16. The summed E-state index contributed by atoms with van der Waals surface area (Å²) in [4.78, 5) is 11.7. The Labute approximate surface area is 119 Å². The highest BCUT2D eigenvalue weighted by molar-refractivity contribution is 7.80. The number of rotatable bonds is 4. The summed E-state index contributed by atoms with van der Waals surface area (Å²) in [6, 6.07) is 4.86. The molecule has 0 spiro atoms. The smallest absolute Gasteiger partial charge is 0.412 e. The number of hydrogen-bond acceptors (Lipinski definition) is 4. The Bertz CT molecular complexity index is 441. The third kappa shape index (κ3) is 5.87. The molecule has 1 amide bonds. The van der Waals surface area contributed by atoms with Crippen molar-refractivity contribution in [2.75, 3.05) is 11.1 Å². The minimum absolute atomic E-state index is 0.184. The molecule has 0 saturated heterocycles. The molecule has 4 nitrogen and oxygen atoms in total. The standard InChI is InChI=1S/C14H21NO3S/c1-14(2,3)18-13(17)15-12-7-6-11(16)9-10(12)5-4-8-19/h6-7,9,16,19H,4-5,8H2,1-3H3,(H,15,17). The van der Waals surface area contributed by atoms with Crippen LogP contribution in [0.2, 0.25) is 0 Å². The number of carbonyl (C=O) groups excluding carboxylic acids is 1. The second kappa shape index (κ2) is 6.70. The van der Waals surface area contributed by atoms with Gasteiger partial charge in [-0.05, 0) is 63.1 Å². The molecule has 0 bridgehead atoms. The lowest BCUT2D eigenvalue weighted by molar-refractivity contribution is 0.0635. The first-order valence-electron chi connectivity index (χ1n) is 6.24. The van der Waals surface area contributed by atoms with E-state index >= 15 is 0 Å². The van der Waals surface area contributed by atoms with E-state index < -0.39 is 11.7 Å². The van der Waals surface area contributed by atoms with Crippen LogP contribution in [0.15, 0.2) is 18.2 Å². The zero-order chi connectivity index (χ0) is 14.5. The maximum Gasteiger partial charge on any atom is 0.412 e. The van der Waals surface area contributed by atoms with E-state index in [0.29, 0.717) is 5.69 Å². The van der Waals surface area contributed by atoms with E-state index in [4.69, 9.17) is 4.74 Å². The van der Waals surface area contributed by atoms with Crippen molar-refractivity contribution in [3.05, 3.63) is 23.8 Å². The number of aryl methyl sites for hydroxylation is 1. The van der Waals surface area contributed by atoms with Gasteiger partial charge in [-0.25, -0.2) is 4.79 Å². The Morgan fingerprint density at radius 1 is 1.42 bits per heavy atom. The summed E-state index contributed by atoms with van der Waals surface area (Å²) in [6.07, 6.45) is 1.11. The molecule has 0 aromatic heterocycles. The van der Waals surface area contributed by atoms with E-state index in [0.717, 1.165) is 24.2 Å². The molecule has 1 aromatic rings. The number of benzene rings is 1. The lowest BCUT2D eigenvalue weighted by Crippen LogP contribution is -2.27. The molecule has 0 aliphatic rings. The number of carbonyl (C=O) groups is 1. The van der Waals surface area contributed by atoms with Crippen LogP contribution in [-0.4, -0.2) is 22.6 Å². The molecule has 5 heteroatoms. The lowest BCUT2D eigenvalue weighted by atomic mass is 10.1. The van der Waals surface area contributed by atoms with Crippen molar-refractivity contribution in [1.29, 1.82) is 0 Å². The molecule has 1 aromatic carbocycles. The van der Waals surface area contributed by atoms with Crippen LogP contribution in [-0.2, 0) is 11.2 Å². The van der Waals surface area contributed by atoms with E-state index in [9.17, 15) is 9.90 Å². The number of anilines is 1. The normalized spacial score (nSPS) is 11.2. The maximum atomic E-state index is 11.7. The molecular formula is C14H21NO3S. The summed E-state index contributed by atoms with van der Waals surface area (Å²) < 4.78 is 5.20. The molecule has 0 radical (unpaired) electrons. The van der Waals surface area contributed by atoms with Crippen molar-refractivity contribution in [2.45, 2.75) is 39.2 Å². The van der Waals surface area contributed by atoms with E-state index in [1.807, 2.05) is 20.8 Å². The molecule has 2 N–H and O–H groups in total. The Balaban J connectivity index is 2.79. The van der Waals surface area contributed by atoms with E-state index in [-0.39, 0.29) is 5.75 Å². The number of phenolic OH excluding ortho intramolecular Hbond substituents is 1. The van der Waals surface area contributed by atoms with Crippen molar-refractivity contribution in [2.24, 2.45) is 0 Å². The highest BCUT2D eigenvalue weighted by atomic mass is 32.1. The Morgan fingerprint density at radius 2 is 2.11 bits per heavy atom. The van der Waals surface area contributed by atoms with Crippen molar-refractivity contribution >= 4 is 24.4 Å². The van der Waals surface area contributed by atoms with E-state index in [1.54, 1.807) is 12.1 Å². The van der Waals surface area contributed by atoms with Crippen LogP contribution in [0.25, 0.3) is 0 Å². The fourth-order valence-corrected chi connectivity index (χ4v) is 1.75. The van der Waals surface area contributed by atoms with Gasteiger partial charge in [-0.15, -0.1) is 0 Å². The van der Waals surface area contributed by atoms with Crippen LogP contribution in [0.3, 0.4) is 0 Å². The lowest BCUT2D eigenvalue weighted by Gasteiger charge is -2.20. The third-order valence-corrected chi connectivity index (χ3v) is 2.64. The number of hydrogen-bond donors (Lipinski definition) is 3. The largest absolute Gasteiger partial charge is 0.508 e. The summed E-state index contributed by atoms with van der Waals surface area (Å²) in [5.74, 6) is 0.936.